The molecule has 2 N–H and O–H groups in total. The summed E-state index contributed by atoms with van der Waals surface area (Å²) in [5.74, 6) is 0. The fourth-order valence-corrected chi connectivity index (χ4v) is 0.969. The number of aldehydes is 1. The Morgan fingerprint density at radius 3 is 2.70 bits per heavy atom. The quantitative estimate of drug-likeness (QED) is 0.475. The molecule has 58 valence electrons. The van der Waals surface area contributed by atoms with Crippen molar-refractivity contribution in [2.75, 3.05) is 6.61 Å². The Morgan fingerprint density at radius 2 is 2.30 bits per heavy atom. The summed E-state index contributed by atoms with van der Waals surface area (Å²) in [5, 5.41) is 18.0. The van der Waals surface area contributed by atoms with Gasteiger partial charge in [0.25, 0.3) is 0 Å². The molecule has 0 aromatic rings. The summed E-state index contributed by atoms with van der Waals surface area (Å²) < 4.78 is 4.89. The first-order valence-corrected chi connectivity index (χ1v) is 3.17. The largest absolute Gasteiger partial charge is 0.388 e. The molecule has 10 heavy (non-hydrogen) atoms. The fourth-order valence-electron chi connectivity index (χ4n) is 0.969. The number of ether oxygens (including phenoxy) is 1. The number of rotatable bonds is 2. The van der Waals surface area contributed by atoms with E-state index >= 15 is 0 Å². The number of carbonyl (C=O) groups is 1. The van der Waals surface area contributed by atoms with E-state index in [1.807, 2.05) is 0 Å². The van der Waals surface area contributed by atoms with Crippen LogP contribution in [0.4, 0.5) is 0 Å². The van der Waals surface area contributed by atoms with Gasteiger partial charge >= 0.3 is 0 Å². The molecule has 0 spiro atoms. The highest BCUT2D eigenvalue weighted by atomic mass is 16.5. The molecule has 3 unspecified atom stereocenters. The maximum absolute atomic E-state index is 9.94. The van der Waals surface area contributed by atoms with Crippen LogP contribution in [-0.4, -0.2) is 41.4 Å². The van der Waals surface area contributed by atoms with Gasteiger partial charge in [0.2, 0.25) is 0 Å². The number of hydrogen-bond donors (Lipinski definition) is 2. The lowest BCUT2D eigenvalue weighted by molar-refractivity contribution is -0.110. The fraction of sp³-hybridized carbons (Fsp3) is 0.833. The summed E-state index contributed by atoms with van der Waals surface area (Å²) in [6.07, 6.45) is -1.41. The zero-order chi connectivity index (χ0) is 7.56. The lowest BCUT2D eigenvalue weighted by Crippen LogP contribution is -2.29. The van der Waals surface area contributed by atoms with Crippen LogP contribution in [0.15, 0.2) is 0 Å². The molecule has 0 amide bonds. The summed E-state index contributed by atoms with van der Waals surface area (Å²) in [7, 11) is 0. The Kier molecular flexibility index (Phi) is 2.37. The lowest BCUT2D eigenvalue weighted by atomic mass is 10.1. The van der Waals surface area contributed by atoms with Crippen molar-refractivity contribution in [2.24, 2.45) is 0 Å². The minimum atomic E-state index is -0.898. The minimum absolute atomic E-state index is 0.125. The molecule has 0 aromatic carbocycles. The van der Waals surface area contributed by atoms with Crippen molar-refractivity contribution in [1.82, 2.24) is 0 Å². The molecule has 1 heterocycles. The molecule has 0 aromatic heterocycles. The van der Waals surface area contributed by atoms with Gasteiger partial charge in [0.15, 0.2) is 0 Å². The zero-order valence-electron chi connectivity index (χ0n) is 5.43. The van der Waals surface area contributed by atoms with Crippen molar-refractivity contribution in [1.29, 1.82) is 0 Å². The first-order valence-electron chi connectivity index (χ1n) is 3.17. The van der Waals surface area contributed by atoms with Gasteiger partial charge in [0.1, 0.15) is 18.5 Å². The Labute approximate surface area is 58.4 Å². The molecule has 4 nitrogen and oxygen atoms in total. The van der Waals surface area contributed by atoms with Gasteiger partial charge in [0, 0.05) is 6.42 Å². The lowest BCUT2D eigenvalue weighted by Gasteiger charge is -2.10. The molecule has 1 aliphatic heterocycles. The van der Waals surface area contributed by atoms with Crippen molar-refractivity contribution in [3.63, 3.8) is 0 Å². The molecule has 3 atom stereocenters. The molecule has 4 heteroatoms. The summed E-state index contributed by atoms with van der Waals surface area (Å²) >= 11 is 0. The zero-order valence-corrected chi connectivity index (χ0v) is 5.43. The highest BCUT2D eigenvalue weighted by Gasteiger charge is 2.33. The molecule has 0 bridgehead atoms. The SMILES string of the molecule is O=CCC1OCC(O)C1O. The summed E-state index contributed by atoms with van der Waals surface area (Å²) in [6, 6.07) is 0. The van der Waals surface area contributed by atoms with E-state index in [4.69, 9.17) is 14.9 Å². The Hall–Kier alpha value is -0.450. The van der Waals surface area contributed by atoms with Crippen molar-refractivity contribution in [3.05, 3.63) is 0 Å². The molecule has 1 rings (SSSR count). The standard InChI is InChI=1S/C6H10O4/c7-2-1-5-6(9)4(8)3-10-5/h2,4-6,8-9H,1,3H2. The van der Waals surface area contributed by atoms with Crippen LogP contribution in [0.5, 0.6) is 0 Å². The van der Waals surface area contributed by atoms with E-state index in [-0.39, 0.29) is 13.0 Å². The topological polar surface area (TPSA) is 66.8 Å². The summed E-state index contributed by atoms with van der Waals surface area (Å²) in [5.41, 5.74) is 0. The summed E-state index contributed by atoms with van der Waals surface area (Å²) in [4.78, 5) is 9.94. The van der Waals surface area contributed by atoms with Crippen molar-refractivity contribution >= 4 is 6.29 Å². The average molecular weight is 146 g/mol. The monoisotopic (exact) mass is 146 g/mol. The van der Waals surface area contributed by atoms with Gasteiger partial charge in [0.05, 0.1) is 12.7 Å². The molecular weight excluding hydrogens is 136 g/mol. The van der Waals surface area contributed by atoms with Crippen LogP contribution in [0.3, 0.4) is 0 Å². The van der Waals surface area contributed by atoms with Crippen LogP contribution >= 0.6 is 0 Å². The van der Waals surface area contributed by atoms with E-state index in [2.05, 4.69) is 0 Å². The molecule has 0 radical (unpaired) electrons. The van der Waals surface area contributed by atoms with Crippen LogP contribution < -0.4 is 0 Å². The van der Waals surface area contributed by atoms with E-state index in [9.17, 15) is 4.79 Å². The van der Waals surface area contributed by atoms with Crippen LogP contribution in [0.2, 0.25) is 0 Å². The highest BCUT2D eigenvalue weighted by molar-refractivity contribution is 5.50. The van der Waals surface area contributed by atoms with Gasteiger partial charge in [-0.05, 0) is 0 Å². The molecule has 1 aliphatic rings. The predicted molar refractivity (Wildman–Crippen MR) is 32.4 cm³/mol. The van der Waals surface area contributed by atoms with Gasteiger partial charge in [-0.2, -0.15) is 0 Å². The Balaban J connectivity index is 2.40. The van der Waals surface area contributed by atoms with Gasteiger partial charge in [-0.25, -0.2) is 0 Å². The first kappa shape index (κ1) is 7.65. The van der Waals surface area contributed by atoms with Crippen molar-refractivity contribution < 1.29 is 19.7 Å². The highest BCUT2D eigenvalue weighted by Crippen LogP contribution is 2.15. The van der Waals surface area contributed by atoms with Crippen LogP contribution in [-0.2, 0) is 9.53 Å². The number of aliphatic hydroxyl groups is 2. The van der Waals surface area contributed by atoms with Gasteiger partial charge in [-0.1, -0.05) is 0 Å². The van der Waals surface area contributed by atoms with E-state index < -0.39 is 18.3 Å². The first-order chi connectivity index (χ1) is 4.75. The minimum Gasteiger partial charge on any atom is -0.388 e. The maximum atomic E-state index is 9.94. The number of carbonyl (C=O) groups excluding carboxylic acids is 1. The normalized spacial score (nSPS) is 40.0. The van der Waals surface area contributed by atoms with Crippen LogP contribution in [0, 0.1) is 0 Å². The average Bonchev–Trinajstić information content (AvgIpc) is 2.20. The van der Waals surface area contributed by atoms with E-state index in [0.717, 1.165) is 0 Å². The van der Waals surface area contributed by atoms with Gasteiger partial charge < -0.3 is 19.7 Å². The van der Waals surface area contributed by atoms with E-state index in [0.29, 0.717) is 6.29 Å². The second-order valence-electron chi connectivity index (χ2n) is 2.33. The van der Waals surface area contributed by atoms with Crippen molar-refractivity contribution in [3.8, 4) is 0 Å². The van der Waals surface area contributed by atoms with E-state index in [1.54, 1.807) is 0 Å². The second kappa shape index (κ2) is 3.09. The van der Waals surface area contributed by atoms with E-state index in [1.165, 1.54) is 0 Å². The van der Waals surface area contributed by atoms with Gasteiger partial charge in [-0.3, -0.25) is 0 Å². The Bertz CT molecular complexity index is 125. The Morgan fingerprint density at radius 1 is 1.60 bits per heavy atom. The smallest absolute Gasteiger partial charge is 0.122 e. The number of aliphatic hydroxyl groups excluding tert-OH is 2. The molecule has 0 saturated carbocycles. The molecule has 1 fully saturated rings. The summed E-state index contributed by atoms with van der Waals surface area (Å²) in [6.45, 7) is 0.125. The van der Waals surface area contributed by atoms with Crippen LogP contribution in [0.1, 0.15) is 6.42 Å². The molecule has 1 saturated heterocycles. The molecular formula is C6H10O4. The third-order valence-electron chi connectivity index (χ3n) is 1.58. The number of hydrogen-bond acceptors (Lipinski definition) is 4. The third-order valence-corrected chi connectivity index (χ3v) is 1.58. The third kappa shape index (κ3) is 1.34. The van der Waals surface area contributed by atoms with Crippen LogP contribution in [0.25, 0.3) is 0 Å². The predicted octanol–water partition coefficient (Wildman–Crippen LogP) is -1.30. The van der Waals surface area contributed by atoms with Crippen molar-refractivity contribution in [2.45, 2.75) is 24.7 Å². The maximum Gasteiger partial charge on any atom is 0.122 e. The molecule has 0 aliphatic carbocycles. The second-order valence-corrected chi connectivity index (χ2v) is 2.33. The van der Waals surface area contributed by atoms with Gasteiger partial charge in [-0.15, -0.1) is 0 Å².